The van der Waals surface area contributed by atoms with E-state index in [1.807, 2.05) is 36.4 Å². The van der Waals surface area contributed by atoms with Crippen molar-refractivity contribution in [1.82, 2.24) is 9.97 Å². The first-order valence-corrected chi connectivity index (χ1v) is 8.43. The fourth-order valence-corrected chi connectivity index (χ4v) is 2.47. The van der Waals surface area contributed by atoms with Gasteiger partial charge in [-0.25, -0.2) is 4.98 Å². The Hall–Kier alpha value is -3.00. The number of nitrogen functional groups attached to an aromatic ring is 1. The Balaban J connectivity index is 1.86. The van der Waals surface area contributed by atoms with Crippen LogP contribution >= 0.6 is 15.9 Å². The van der Waals surface area contributed by atoms with Crippen LogP contribution in [0.15, 0.2) is 53.3 Å². The van der Waals surface area contributed by atoms with Gasteiger partial charge in [-0.1, -0.05) is 15.9 Å². The molecule has 0 fully saturated rings. The van der Waals surface area contributed by atoms with Crippen LogP contribution < -0.4 is 25.3 Å². The minimum absolute atomic E-state index is 0.261. The van der Waals surface area contributed by atoms with Gasteiger partial charge in [0, 0.05) is 10.5 Å². The van der Waals surface area contributed by atoms with Crippen molar-refractivity contribution in [2.24, 2.45) is 0 Å². The number of hydrogen-bond acceptors (Lipinski definition) is 7. The summed E-state index contributed by atoms with van der Waals surface area (Å²) in [6.07, 6.45) is 1.38. The van der Waals surface area contributed by atoms with Crippen LogP contribution in [0.5, 0.6) is 23.1 Å². The number of hydrogen-bond donors (Lipinski definition) is 2. The van der Waals surface area contributed by atoms with Crippen molar-refractivity contribution < 1.29 is 14.2 Å². The van der Waals surface area contributed by atoms with Gasteiger partial charge in [-0.15, -0.1) is 0 Å². The number of aromatic nitrogens is 2. The van der Waals surface area contributed by atoms with Crippen molar-refractivity contribution in [3.63, 3.8) is 0 Å². The monoisotopic (exact) mass is 416 g/mol. The summed E-state index contributed by atoms with van der Waals surface area (Å²) in [5.74, 6) is 2.57. The molecule has 1 heterocycles. The number of rotatable bonds is 6. The molecule has 134 valence electrons. The molecule has 0 aliphatic heterocycles. The molecule has 3 rings (SSSR count). The molecule has 0 atom stereocenters. The molecule has 0 saturated heterocycles. The molecule has 0 aliphatic carbocycles. The summed E-state index contributed by atoms with van der Waals surface area (Å²) in [5.41, 5.74) is 7.14. The van der Waals surface area contributed by atoms with Crippen LogP contribution in [-0.4, -0.2) is 24.2 Å². The van der Waals surface area contributed by atoms with Crippen LogP contribution in [0.4, 0.5) is 17.2 Å². The summed E-state index contributed by atoms with van der Waals surface area (Å²) in [6, 6.07) is 12.7. The Morgan fingerprint density at radius 2 is 1.69 bits per heavy atom. The maximum Gasteiger partial charge on any atom is 0.248 e. The molecule has 2 aromatic carbocycles. The normalized spacial score (nSPS) is 10.3. The lowest BCUT2D eigenvalue weighted by Crippen LogP contribution is -2.04. The summed E-state index contributed by atoms with van der Waals surface area (Å²) in [7, 11) is 3.17. The van der Waals surface area contributed by atoms with Gasteiger partial charge in [0.1, 0.15) is 29.3 Å². The van der Waals surface area contributed by atoms with Crippen LogP contribution in [-0.2, 0) is 0 Å². The van der Waals surface area contributed by atoms with E-state index >= 15 is 0 Å². The van der Waals surface area contributed by atoms with Gasteiger partial charge in [0.2, 0.25) is 5.88 Å². The fraction of sp³-hybridized carbons (Fsp3) is 0.111. The Kier molecular flexibility index (Phi) is 5.43. The van der Waals surface area contributed by atoms with E-state index in [1.54, 1.807) is 20.3 Å². The van der Waals surface area contributed by atoms with Crippen LogP contribution in [0.1, 0.15) is 0 Å². The highest BCUT2D eigenvalue weighted by atomic mass is 79.9. The summed E-state index contributed by atoms with van der Waals surface area (Å²) in [5, 5.41) is 3.13. The van der Waals surface area contributed by atoms with Gasteiger partial charge < -0.3 is 25.3 Å². The SMILES string of the molecule is COc1ccc(Nc2ncnc(Oc3ccc(Br)cc3)c2N)c(OC)c1. The second-order valence-electron chi connectivity index (χ2n) is 5.19. The molecule has 0 radical (unpaired) electrons. The molecule has 1 aromatic heterocycles. The number of anilines is 3. The van der Waals surface area contributed by atoms with Gasteiger partial charge in [0.25, 0.3) is 0 Å². The van der Waals surface area contributed by atoms with E-state index in [0.29, 0.717) is 28.8 Å². The third-order valence-electron chi connectivity index (χ3n) is 3.54. The first-order chi connectivity index (χ1) is 12.6. The molecular formula is C18H17BrN4O3. The Morgan fingerprint density at radius 3 is 2.38 bits per heavy atom. The molecule has 8 heteroatoms. The summed E-state index contributed by atoms with van der Waals surface area (Å²) in [4.78, 5) is 8.29. The lowest BCUT2D eigenvalue weighted by atomic mass is 10.2. The summed E-state index contributed by atoms with van der Waals surface area (Å²) in [6.45, 7) is 0. The van der Waals surface area contributed by atoms with Gasteiger partial charge in [-0.2, -0.15) is 4.98 Å². The minimum atomic E-state index is 0.261. The number of nitrogens with two attached hydrogens (primary N) is 1. The number of ether oxygens (including phenoxy) is 3. The van der Waals surface area contributed by atoms with Gasteiger partial charge in [0.15, 0.2) is 5.82 Å². The Labute approximate surface area is 159 Å². The molecule has 0 amide bonds. The molecular weight excluding hydrogens is 400 g/mol. The zero-order chi connectivity index (χ0) is 18.5. The molecule has 0 unspecified atom stereocenters. The van der Waals surface area contributed by atoms with Crippen LogP contribution in [0.3, 0.4) is 0 Å². The topological polar surface area (TPSA) is 91.5 Å². The second-order valence-corrected chi connectivity index (χ2v) is 6.10. The van der Waals surface area contributed by atoms with E-state index < -0.39 is 0 Å². The molecule has 3 aromatic rings. The molecule has 0 spiro atoms. The van der Waals surface area contributed by atoms with E-state index in [1.165, 1.54) is 6.33 Å². The quantitative estimate of drug-likeness (QED) is 0.615. The predicted molar refractivity (Wildman–Crippen MR) is 103 cm³/mol. The zero-order valence-corrected chi connectivity index (χ0v) is 15.8. The van der Waals surface area contributed by atoms with E-state index in [2.05, 4.69) is 31.2 Å². The van der Waals surface area contributed by atoms with E-state index in [-0.39, 0.29) is 11.6 Å². The number of methoxy groups -OCH3 is 2. The van der Waals surface area contributed by atoms with Crippen molar-refractivity contribution in [3.05, 3.63) is 53.3 Å². The van der Waals surface area contributed by atoms with Crippen LogP contribution in [0.2, 0.25) is 0 Å². The number of nitrogens with zero attached hydrogens (tertiary/aromatic N) is 2. The molecule has 0 aliphatic rings. The van der Waals surface area contributed by atoms with Crippen molar-refractivity contribution in [2.75, 3.05) is 25.3 Å². The number of halogens is 1. The van der Waals surface area contributed by atoms with Gasteiger partial charge in [-0.3, -0.25) is 0 Å². The van der Waals surface area contributed by atoms with Crippen molar-refractivity contribution in [1.29, 1.82) is 0 Å². The van der Waals surface area contributed by atoms with Crippen molar-refractivity contribution in [3.8, 4) is 23.1 Å². The smallest absolute Gasteiger partial charge is 0.248 e. The lowest BCUT2D eigenvalue weighted by molar-refractivity contribution is 0.395. The van der Waals surface area contributed by atoms with Gasteiger partial charge >= 0.3 is 0 Å². The first kappa shape index (κ1) is 17.8. The number of nitrogens with one attached hydrogen (secondary N) is 1. The van der Waals surface area contributed by atoms with Gasteiger partial charge in [-0.05, 0) is 36.4 Å². The van der Waals surface area contributed by atoms with Gasteiger partial charge in [0.05, 0.1) is 19.9 Å². The minimum Gasteiger partial charge on any atom is -0.497 e. The third kappa shape index (κ3) is 3.97. The molecule has 3 N–H and O–H groups in total. The molecule has 0 bridgehead atoms. The van der Waals surface area contributed by atoms with Crippen LogP contribution in [0.25, 0.3) is 0 Å². The third-order valence-corrected chi connectivity index (χ3v) is 4.07. The first-order valence-electron chi connectivity index (χ1n) is 7.63. The molecule has 7 nitrogen and oxygen atoms in total. The highest BCUT2D eigenvalue weighted by Gasteiger charge is 2.13. The highest BCUT2D eigenvalue weighted by molar-refractivity contribution is 9.10. The second kappa shape index (κ2) is 7.92. The average molecular weight is 417 g/mol. The number of benzene rings is 2. The molecule has 26 heavy (non-hydrogen) atoms. The maximum absolute atomic E-state index is 6.17. The highest BCUT2D eigenvalue weighted by Crippen LogP contribution is 2.35. The zero-order valence-electron chi connectivity index (χ0n) is 14.2. The summed E-state index contributed by atoms with van der Waals surface area (Å²) < 4.78 is 17.3. The molecule has 0 saturated carbocycles. The van der Waals surface area contributed by atoms with Crippen LogP contribution in [0, 0.1) is 0 Å². The lowest BCUT2D eigenvalue weighted by Gasteiger charge is -2.14. The Morgan fingerprint density at radius 1 is 0.962 bits per heavy atom. The largest absolute Gasteiger partial charge is 0.497 e. The average Bonchev–Trinajstić information content (AvgIpc) is 2.67. The standard InChI is InChI=1S/C18H17BrN4O3/c1-24-13-7-8-14(15(9-13)25-2)23-17-16(20)18(22-10-21-17)26-12-5-3-11(19)4-6-12/h3-10H,20H2,1-2H3,(H,21,22,23). The fourth-order valence-electron chi connectivity index (χ4n) is 2.20. The van der Waals surface area contributed by atoms with E-state index in [0.717, 1.165) is 4.47 Å². The Bertz CT molecular complexity index is 903. The van der Waals surface area contributed by atoms with E-state index in [4.69, 9.17) is 19.9 Å². The van der Waals surface area contributed by atoms with E-state index in [9.17, 15) is 0 Å². The summed E-state index contributed by atoms with van der Waals surface area (Å²) >= 11 is 3.38. The van der Waals surface area contributed by atoms with Crippen molar-refractivity contribution >= 4 is 33.1 Å². The van der Waals surface area contributed by atoms with Crippen molar-refractivity contribution in [2.45, 2.75) is 0 Å². The maximum atomic E-state index is 6.17. The predicted octanol–water partition coefficient (Wildman–Crippen LogP) is 4.37.